The maximum Gasteiger partial charge on any atom is 0.0406 e. The molecule has 0 heterocycles. The molecule has 110 valence electrons. The highest BCUT2D eigenvalue weighted by Crippen LogP contribution is 2.40. The molecule has 0 aliphatic heterocycles. The van der Waals surface area contributed by atoms with Gasteiger partial charge in [-0.25, -0.2) is 0 Å². The van der Waals surface area contributed by atoms with Crippen molar-refractivity contribution in [2.75, 3.05) is 6.54 Å². The summed E-state index contributed by atoms with van der Waals surface area (Å²) in [5.74, 6) is 0.818. The summed E-state index contributed by atoms with van der Waals surface area (Å²) in [5.41, 5.74) is 4.10. The normalized spacial score (nSPS) is 15.9. The largest absolute Gasteiger partial charge is 0.309 e. The minimum Gasteiger partial charge on any atom is -0.309 e. The zero-order valence-electron chi connectivity index (χ0n) is 12.5. The van der Waals surface area contributed by atoms with E-state index in [4.69, 9.17) is 11.6 Å². The standard InChI is InChI=1S/C19H22ClN/c1-14-2-6-16(7-3-14)19(17-8-9-17)21-13-12-15-4-10-18(20)11-5-15/h2-7,10-11,17,19,21H,8-9,12-13H2,1H3. The first-order valence-electron chi connectivity index (χ1n) is 7.77. The van der Waals surface area contributed by atoms with Crippen molar-refractivity contribution >= 4 is 11.6 Å². The summed E-state index contributed by atoms with van der Waals surface area (Å²) in [7, 11) is 0. The van der Waals surface area contributed by atoms with Crippen molar-refractivity contribution in [1.29, 1.82) is 0 Å². The van der Waals surface area contributed by atoms with Gasteiger partial charge in [0.1, 0.15) is 0 Å². The second kappa shape index (κ2) is 6.64. The molecule has 1 saturated carbocycles. The van der Waals surface area contributed by atoms with Crippen LogP contribution in [-0.4, -0.2) is 6.54 Å². The van der Waals surface area contributed by atoms with Crippen LogP contribution in [0.1, 0.15) is 35.6 Å². The molecule has 0 spiro atoms. The molecule has 0 aromatic heterocycles. The van der Waals surface area contributed by atoms with E-state index < -0.39 is 0 Å². The van der Waals surface area contributed by atoms with Crippen molar-refractivity contribution in [1.82, 2.24) is 5.32 Å². The van der Waals surface area contributed by atoms with Crippen LogP contribution in [0.2, 0.25) is 5.02 Å². The first kappa shape index (κ1) is 14.6. The van der Waals surface area contributed by atoms with Gasteiger partial charge in [0.15, 0.2) is 0 Å². The fraction of sp³-hybridized carbons (Fsp3) is 0.368. The molecular formula is C19H22ClN. The molecule has 0 radical (unpaired) electrons. The number of benzene rings is 2. The Labute approximate surface area is 132 Å². The van der Waals surface area contributed by atoms with Gasteiger partial charge in [0.2, 0.25) is 0 Å². The Balaban J connectivity index is 1.58. The number of hydrogen-bond acceptors (Lipinski definition) is 1. The van der Waals surface area contributed by atoms with E-state index in [1.807, 2.05) is 12.1 Å². The molecule has 1 fully saturated rings. The van der Waals surface area contributed by atoms with E-state index in [1.165, 1.54) is 29.5 Å². The molecule has 1 nitrogen and oxygen atoms in total. The second-order valence-electron chi connectivity index (χ2n) is 6.06. The van der Waals surface area contributed by atoms with E-state index in [-0.39, 0.29) is 0 Å². The zero-order valence-corrected chi connectivity index (χ0v) is 13.2. The van der Waals surface area contributed by atoms with E-state index in [0.29, 0.717) is 6.04 Å². The fourth-order valence-corrected chi connectivity index (χ4v) is 2.91. The molecule has 1 aliphatic carbocycles. The molecule has 1 unspecified atom stereocenters. The Kier molecular flexibility index (Phi) is 4.62. The van der Waals surface area contributed by atoms with Crippen LogP contribution >= 0.6 is 11.6 Å². The molecule has 2 heteroatoms. The van der Waals surface area contributed by atoms with Crippen molar-refractivity contribution in [3.63, 3.8) is 0 Å². The fourth-order valence-electron chi connectivity index (χ4n) is 2.78. The highest BCUT2D eigenvalue weighted by molar-refractivity contribution is 6.30. The lowest BCUT2D eigenvalue weighted by molar-refractivity contribution is 0.484. The summed E-state index contributed by atoms with van der Waals surface area (Å²) in [5, 5.41) is 4.56. The lowest BCUT2D eigenvalue weighted by Gasteiger charge is -2.19. The maximum atomic E-state index is 5.92. The number of nitrogens with one attached hydrogen (secondary N) is 1. The van der Waals surface area contributed by atoms with Gasteiger partial charge in [-0.2, -0.15) is 0 Å². The summed E-state index contributed by atoms with van der Waals surface area (Å²) in [6.45, 7) is 3.15. The summed E-state index contributed by atoms with van der Waals surface area (Å²) in [6.07, 6.45) is 3.76. The summed E-state index contributed by atoms with van der Waals surface area (Å²) < 4.78 is 0. The molecule has 1 N–H and O–H groups in total. The number of aryl methyl sites for hydroxylation is 1. The topological polar surface area (TPSA) is 12.0 Å². The van der Waals surface area contributed by atoms with Gasteiger partial charge in [0, 0.05) is 11.1 Å². The van der Waals surface area contributed by atoms with Crippen LogP contribution in [0.3, 0.4) is 0 Å². The van der Waals surface area contributed by atoms with Crippen molar-refractivity contribution in [2.45, 2.75) is 32.2 Å². The third-order valence-corrected chi connectivity index (χ3v) is 4.47. The highest BCUT2D eigenvalue weighted by Gasteiger charge is 2.31. The molecule has 1 atom stereocenters. The van der Waals surface area contributed by atoms with Gasteiger partial charge < -0.3 is 5.32 Å². The number of rotatable bonds is 6. The van der Waals surface area contributed by atoms with Crippen LogP contribution < -0.4 is 5.32 Å². The van der Waals surface area contributed by atoms with Crippen molar-refractivity contribution in [2.24, 2.45) is 5.92 Å². The molecule has 21 heavy (non-hydrogen) atoms. The molecule has 0 bridgehead atoms. The molecule has 3 rings (SSSR count). The first-order valence-corrected chi connectivity index (χ1v) is 8.14. The Morgan fingerprint density at radius 1 is 1.05 bits per heavy atom. The Bertz CT molecular complexity index is 570. The van der Waals surface area contributed by atoms with Crippen molar-refractivity contribution < 1.29 is 0 Å². The highest BCUT2D eigenvalue weighted by atomic mass is 35.5. The van der Waals surface area contributed by atoms with Crippen LogP contribution in [0.4, 0.5) is 0 Å². The maximum absolute atomic E-state index is 5.92. The van der Waals surface area contributed by atoms with Crippen LogP contribution in [0.5, 0.6) is 0 Å². The van der Waals surface area contributed by atoms with Gasteiger partial charge >= 0.3 is 0 Å². The van der Waals surface area contributed by atoms with Gasteiger partial charge in [0.05, 0.1) is 0 Å². The predicted molar refractivity (Wildman–Crippen MR) is 89.8 cm³/mol. The van der Waals surface area contributed by atoms with Crippen molar-refractivity contribution in [3.8, 4) is 0 Å². The van der Waals surface area contributed by atoms with Crippen LogP contribution in [0.25, 0.3) is 0 Å². The summed E-state index contributed by atoms with van der Waals surface area (Å²) >= 11 is 5.92. The number of halogens is 1. The molecule has 0 saturated heterocycles. The smallest absolute Gasteiger partial charge is 0.0406 e. The van der Waals surface area contributed by atoms with E-state index in [0.717, 1.165) is 23.9 Å². The zero-order chi connectivity index (χ0) is 14.7. The Hall–Kier alpha value is -1.31. The van der Waals surface area contributed by atoms with Crippen LogP contribution in [-0.2, 0) is 6.42 Å². The number of hydrogen-bond donors (Lipinski definition) is 1. The molecule has 0 amide bonds. The summed E-state index contributed by atoms with van der Waals surface area (Å²) in [4.78, 5) is 0. The van der Waals surface area contributed by atoms with Crippen molar-refractivity contribution in [3.05, 3.63) is 70.2 Å². The van der Waals surface area contributed by atoms with E-state index in [9.17, 15) is 0 Å². The van der Waals surface area contributed by atoms with Gasteiger partial charge in [-0.15, -0.1) is 0 Å². The molecule has 2 aromatic carbocycles. The molecule has 2 aromatic rings. The minimum atomic E-state index is 0.512. The second-order valence-corrected chi connectivity index (χ2v) is 6.49. The third-order valence-electron chi connectivity index (χ3n) is 4.22. The predicted octanol–water partition coefficient (Wildman–Crippen LogP) is 4.93. The quantitative estimate of drug-likeness (QED) is 0.797. The third kappa shape index (κ3) is 4.09. The van der Waals surface area contributed by atoms with Gasteiger partial charge in [0.25, 0.3) is 0 Å². The molecular weight excluding hydrogens is 278 g/mol. The van der Waals surface area contributed by atoms with E-state index in [2.05, 4.69) is 48.6 Å². The average Bonchev–Trinajstić information content (AvgIpc) is 3.31. The first-order chi connectivity index (χ1) is 10.2. The molecule has 1 aliphatic rings. The Morgan fingerprint density at radius 3 is 2.33 bits per heavy atom. The lowest BCUT2D eigenvalue weighted by atomic mass is 10.0. The average molecular weight is 300 g/mol. The van der Waals surface area contributed by atoms with Crippen LogP contribution in [0.15, 0.2) is 48.5 Å². The minimum absolute atomic E-state index is 0.512. The summed E-state index contributed by atoms with van der Waals surface area (Å²) in [6, 6.07) is 17.6. The monoisotopic (exact) mass is 299 g/mol. The van der Waals surface area contributed by atoms with Gasteiger partial charge in [-0.05, 0) is 61.9 Å². The van der Waals surface area contributed by atoms with E-state index in [1.54, 1.807) is 0 Å². The van der Waals surface area contributed by atoms with E-state index >= 15 is 0 Å². The van der Waals surface area contributed by atoms with Gasteiger partial charge in [-0.3, -0.25) is 0 Å². The Morgan fingerprint density at radius 2 is 1.71 bits per heavy atom. The van der Waals surface area contributed by atoms with Crippen LogP contribution in [0, 0.1) is 12.8 Å². The SMILES string of the molecule is Cc1ccc(C(NCCc2ccc(Cl)cc2)C2CC2)cc1. The lowest BCUT2D eigenvalue weighted by Crippen LogP contribution is -2.25. The van der Waals surface area contributed by atoms with Gasteiger partial charge in [-0.1, -0.05) is 53.6 Å².